The largest absolute Gasteiger partial charge is 0.295 e. The van der Waals surface area contributed by atoms with E-state index in [2.05, 4.69) is 24.1 Å². The van der Waals surface area contributed by atoms with Gasteiger partial charge in [0.05, 0.1) is 0 Å². The summed E-state index contributed by atoms with van der Waals surface area (Å²) in [5, 5.41) is 2.27. The van der Waals surface area contributed by atoms with Crippen LogP contribution in [0.15, 0.2) is 0 Å². The van der Waals surface area contributed by atoms with Gasteiger partial charge in [-0.2, -0.15) is 0 Å². The van der Waals surface area contributed by atoms with Crippen LogP contribution >= 0.6 is 0 Å². The van der Waals surface area contributed by atoms with E-state index in [1.807, 2.05) is 0 Å². The fourth-order valence-electron chi connectivity index (χ4n) is 2.21. The average Bonchev–Trinajstić information content (AvgIpc) is 2.70. The number of carbonyl (C=O) groups excluding carboxylic acids is 2. The Morgan fingerprint density at radius 3 is 2.26 bits per heavy atom. The van der Waals surface area contributed by atoms with Crippen LogP contribution in [0.4, 0.5) is 0 Å². The fourth-order valence-corrected chi connectivity index (χ4v) is 2.21. The maximum Gasteiger partial charge on any atom is 0.242 e. The average molecular weight is 263 g/mol. The SMILES string of the molecule is CCCCCCCCCCC#CC1CC(=O)NC1=O. The van der Waals surface area contributed by atoms with Crippen molar-refractivity contribution in [1.82, 2.24) is 5.32 Å². The fraction of sp³-hybridized carbons (Fsp3) is 0.750. The van der Waals surface area contributed by atoms with Gasteiger partial charge in [0.15, 0.2) is 0 Å². The van der Waals surface area contributed by atoms with E-state index < -0.39 is 5.92 Å². The van der Waals surface area contributed by atoms with Crippen molar-refractivity contribution in [1.29, 1.82) is 0 Å². The van der Waals surface area contributed by atoms with Crippen molar-refractivity contribution in [2.24, 2.45) is 5.92 Å². The molecule has 1 fully saturated rings. The number of nitrogens with one attached hydrogen (secondary N) is 1. The first-order chi connectivity index (χ1) is 9.24. The summed E-state index contributed by atoms with van der Waals surface area (Å²) in [5.74, 6) is 5.10. The van der Waals surface area contributed by atoms with Crippen molar-refractivity contribution >= 4 is 11.8 Å². The van der Waals surface area contributed by atoms with Crippen LogP contribution in [0, 0.1) is 17.8 Å². The van der Waals surface area contributed by atoms with Crippen LogP contribution in [-0.2, 0) is 9.59 Å². The van der Waals surface area contributed by atoms with Gasteiger partial charge in [-0.05, 0) is 6.42 Å². The Labute approximate surface area is 116 Å². The molecule has 106 valence electrons. The number of hydrogen-bond acceptors (Lipinski definition) is 2. The van der Waals surface area contributed by atoms with Gasteiger partial charge in [-0.15, -0.1) is 5.92 Å². The van der Waals surface area contributed by atoms with Gasteiger partial charge in [0.2, 0.25) is 11.8 Å². The second-order valence-electron chi connectivity index (χ2n) is 5.22. The Bertz CT molecular complexity index is 351. The van der Waals surface area contributed by atoms with E-state index >= 15 is 0 Å². The third-order valence-corrected chi connectivity index (χ3v) is 3.40. The minimum Gasteiger partial charge on any atom is -0.295 e. The van der Waals surface area contributed by atoms with Crippen LogP contribution in [0.5, 0.6) is 0 Å². The van der Waals surface area contributed by atoms with Gasteiger partial charge in [0.1, 0.15) is 5.92 Å². The van der Waals surface area contributed by atoms with Crippen LogP contribution in [0.2, 0.25) is 0 Å². The van der Waals surface area contributed by atoms with Crippen molar-refractivity contribution in [3.8, 4) is 11.8 Å². The zero-order valence-electron chi connectivity index (χ0n) is 12.0. The van der Waals surface area contributed by atoms with Gasteiger partial charge in [0, 0.05) is 12.8 Å². The molecular formula is C16H25NO2. The van der Waals surface area contributed by atoms with E-state index in [1.165, 1.54) is 44.9 Å². The molecule has 2 amide bonds. The Balaban J connectivity index is 1.96. The molecule has 1 unspecified atom stereocenters. The first kappa shape index (κ1) is 15.8. The second-order valence-corrected chi connectivity index (χ2v) is 5.22. The van der Waals surface area contributed by atoms with Crippen LogP contribution in [0.25, 0.3) is 0 Å². The molecule has 0 aromatic carbocycles. The van der Waals surface area contributed by atoms with E-state index in [4.69, 9.17) is 0 Å². The molecule has 1 heterocycles. The third-order valence-electron chi connectivity index (χ3n) is 3.40. The molecule has 1 aliphatic rings. The quantitative estimate of drug-likeness (QED) is 0.415. The molecule has 0 radical (unpaired) electrons. The number of rotatable bonds is 8. The van der Waals surface area contributed by atoms with Crippen molar-refractivity contribution in [2.75, 3.05) is 0 Å². The Morgan fingerprint density at radius 2 is 1.68 bits per heavy atom. The van der Waals surface area contributed by atoms with E-state index in [0.29, 0.717) is 0 Å². The van der Waals surface area contributed by atoms with Gasteiger partial charge >= 0.3 is 0 Å². The van der Waals surface area contributed by atoms with Gasteiger partial charge in [-0.3, -0.25) is 14.9 Å². The van der Waals surface area contributed by atoms with Crippen LogP contribution in [-0.4, -0.2) is 11.8 Å². The number of hydrogen-bond donors (Lipinski definition) is 1. The molecule has 1 aliphatic heterocycles. The van der Waals surface area contributed by atoms with Crippen LogP contribution in [0.1, 0.15) is 71.1 Å². The first-order valence-electron chi connectivity index (χ1n) is 7.56. The molecule has 0 saturated carbocycles. The summed E-state index contributed by atoms with van der Waals surface area (Å²) in [6.07, 6.45) is 11.4. The normalized spacial score (nSPS) is 18.1. The minimum absolute atomic E-state index is 0.198. The van der Waals surface area contributed by atoms with E-state index in [-0.39, 0.29) is 18.2 Å². The Morgan fingerprint density at radius 1 is 1.05 bits per heavy atom. The Kier molecular flexibility index (Phi) is 7.97. The lowest BCUT2D eigenvalue weighted by molar-refractivity contribution is -0.125. The molecule has 1 atom stereocenters. The lowest BCUT2D eigenvalue weighted by atomic mass is 10.1. The lowest BCUT2D eigenvalue weighted by Crippen LogP contribution is -2.21. The van der Waals surface area contributed by atoms with Gasteiger partial charge in [0.25, 0.3) is 0 Å². The molecule has 19 heavy (non-hydrogen) atoms. The topological polar surface area (TPSA) is 46.2 Å². The maximum absolute atomic E-state index is 11.2. The van der Waals surface area contributed by atoms with Crippen LogP contribution < -0.4 is 5.32 Å². The highest BCUT2D eigenvalue weighted by molar-refractivity contribution is 6.04. The number of carbonyl (C=O) groups is 2. The second kappa shape index (κ2) is 9.61. The molecule has 3 nitrogen and oxygen atoms in total. The molecule has 0 bridgehead atoms. The van der Waals surface area contributed by atoms with Gasteiger partial charge in [-0.25, -0.2) is 0 Å². The number of imide groups is 1. The molecule has 0 aromatic heterocycles. The Hall–Kier alpha value is -1.30. The summed E-state index contributed by atoms with van der Waals surface area (Å²) >= 11 is 0. The molecule has 1 saturated heterocycles. The highest BCUT2D eigenvalue weighted by Gasteiger charge is 2.28. The summed E-state index contributed by atoms with van der Waals surface area (Å²) in [5.41, 5.74) is 0. The van der Waals surface area contributed by atoms with Crippen molar-refractivity contribution in [3.05, 3.63) is 0 Å². The predicted octanol–water partition coefficient (Wildman–Crippen LogP) is 3.18. The zero-order valence-corrected chi connectivity index (χ0v) is 12.0. The molecule has 1 rings (SSSR count). The van der Waals surface area contributed by atoms with E-state index in [9.17, 15) is 9.59 Å². The third kappa shape index (κ3) is 7.00. The smallest absolute Gasteiger partial charge is 0.242 e. The van der Waals surface area contributed by atoms with Crippen molar-refractivity contribution in [2.45, 2.75) is 71.1 Å². The predicted molar refractivity (Wildman–Crippen MR) is 76.3 cm³/mol. The van der Waals surface area contributed by atoms with Crippen LogP contribution in [0.3, 0.4) is 0 Å². The minimum atomic E-state index is -0.401. The van der Waals surface area contributed by atoms with E-state index in [0.717, 1.165) is 12.8 Å². The lowest BCUT2D eigenvalue weighted by Gasteiger charge is -1.99. The van der Waals surface area contributed by atoms with Gasteiger partial charge < -0.3 is 0 Å². The molecule has 1 N–H and O–H groups in total. The monoisotopic (exact) mass is 263 g/mol. The zero-order chi connectivity index (χ0) is 13.9. The summed E-state index contributed by atoms with van der Waals surface area (Å²) in [6.45, 7) is 2.23. The molecule has 0 aromatic rings. The van der Waals surface area contributed by atoms with Gasteiger partial charge in [-0.1, -0.05) is 57.8 Å². The number of amides is 2. The molecular weight excluding hydrogens is 238 g/mol. The highest BCUT2D eigenvalue weighted by atomic mass is 16.2. The molecule has 0 spiro atoms. The van der Waals surface area contributed by atoms with Crippen molar-refractivity contribution in [3.63, 3.8) is 0 Å². The molecule has 0 aliphatic carbocycles. The maximum atomic E-state index is 11.2. The first-order valence-corrected chi connectivity index (χ1v) is 7.56. The summed E-state index contributed by atoms with van der Waals surface area (Å²) in [4.78, 5) is 22.2. The molecule has 3 heteroatoms. The van der Waals surface area contributed by atoms with E-state index in [1.54, 1.807) is 0 Å². The summed E-state index contributed by atoms with van der Waals surface area (Å²) < 4.78 is 0. The number of unbranched alkanes of at least 4 members (excludes halogenated alkanes) is 8. The standard InChI is InChI=1S/C16H25NO2/c1-2-3-4-5-6-7-8-9-10-11-12-14-13-15(18)17-16(14)19/h14H,2-10,13H2,1H3,(H,17,18,19). The summed E-state index contributed by atoms with van der Waals surface area (Å²) in [7, 11) is 0. The van der Waals surface area contributed by atoms with Crippen molar-refractivity contribution < 1.29 is 9.59 Å². The highest BCUT2D eigenvalue weighted by Crippen LogP contribution is 2.11. The summed E-state index contributed by atoms with van der Waals surface area (Å²) in [6, 6.07) is 0.